The molecule has 0 unspecified atom stereocenters. The van der Waals surface area contributed by atoms with E-state index < -0.39 is 0 Å². The summed E-state index contributed by atoms with van der Waals surface area (Å²) >= 11 is 0. The van der Waals surface area contributed by atoms with Gasteiger partial charge in [-0.3, -0.25) is 4.84 Å². The van der Waals surface area contributed by atoms with Gasteiger partial charge in [-0.1, -0.05) is 90.9 Å². The van der Waals surface area contributed by atoms with Crippen LogP contribution in [-0.2, 0) is 4.84 Å². The van der Waals surface area contributed by atoms with E-state index in [0.717, 1.165) is 37.8 Å². The van der Waals surface area contributed by atoms with Crippen molar-refractivity contribution in [2.45, 2.75) is 110 Å². The molecule has 0 amide bonds. The van der Waals surface area contributed by atoms with Gasteiger partial charge in [0.25, 0.3) is 0 Å². The number of hydrazine groups is 1. The molecule has 0 atom stereocenters. The molecular formula is C21H42N2O2. The van der Waals surface area contributed by atoms with Gasteiger partial charge in [-0.05, 0) is 19.3 Å². The van der Waals surface area contributed by atoms with E-state index in [4.69, 9.17) is 4.84 Å². The molecule has 4 nitrogen and oxygen atoms in total. The number of hydrogen-bond acceptors (Lipinski definition) is 4. The fraction of sp³-hybridized carbons (Fsp3) is 0.905. The number of nitrogens with zero attached hydrogens (tertiary/aromatic N) is 1. The molecule has 0 aromatic rings. The normalized spacial score (nSPS) is 14.7. The summed E-state index contributed by atoms with van der Waals surface area (Å²) in [4.78, 5) is 5.48. The first-order valence-electron chi connectivity index (χ1n) is 10.9. The van der Waals surface area contributed by atoms with Crippen LogP contribution in [0.4, 0.5) is 0 Å². The van der Waals surface area contributed by atoms with Gasteiger partial charge >= 0.3 is 0 Å². The van der Waals surface area contributed by atoms with Crippen LogP contribution in [-0.4, -0.2) is 23.4 Å². The molecule has 0 aliphatic carbocycles. The minimum absolute atomic E-state index is 0.291. The third-order valence-corrected chi connectivity index (χ3v) is 4.99. The van der Waals surface area contributed by atoms with Crippen molar-refractivity contribution in [3.8, 4) is 0 Å². The van der Waals surface area contributed by atoms with Crippen molar-refractivity contribution in [2.24, 2.45) is 0 Å². The van der Waals surface area contributed by atoms with Crippen molar-refractivity contribution in [1.29, 1.82) is 0 Å². The van der Waals surface area contributed by atoms with E-state index in [1.54, 1.807) is 0 Å². The zero-order valence-corrected chi connectivity index (χ0v) is 16.8. The summed E-state index contributed by atoms with van der Waals surface area (Å²) in [6, 6.07) is 0. The first kappa shape index (κ1) is 22.3. The van der Waals surface area contributed by atoms with Gasteiger partial charge in [-0.2, -0.15) is 0 Å². The van der Waals surface area contributed by atoms with Crippen molar-refractivity contribution < 1.29 is 9.94 Å². The molecule has 4 heteroatoms. The summed E-state index contributed by atoms with van der Waals surface area (Å²) < 4.78 is 0. The highest BCUT2D eigenvalue weighted by Gasteiger charge is 2.22. The highest BCUT2D eigenvalue weighted by molar-refractivity contribution is 5.09. The predicted molar refractivity (Wildman–Crippen MR) is 106 cm³/mol. The molecule has 0 radical (unpaired) electrons. The first-order chi connectivity index (χ1) is 12.3. The van der Waals surface area contributed by atoms with E-state index in [-0.39, 0.29) is 0 Å². The third kappa shape index (κ3) is 10.8. The van der Waals surface area contributed by atoms with Crippen LogP contribution in [0.3, 0.4) is 0 Å². The zero-order valence-electron chi connectivity index (χ0n) is 16.8. The fourth-order valence-corrected chi connectivity index (χ4v) is 3.25. The van der Waals surface area contributed by atoms with Gasteiger partial charge in [-0.15, -0.1) is 5.17 Å². The Morgan fingerprint density at radius 2 is 1.32 bits per heavy atom. The molecule has 1 aliphatic heterocycles. The predicted octanol–water partition coefficient (Wildman–Crippen LogP) is 6.40. The van der Waals surface area contributed by atoms with Crippen LogP contribution >= 0.6 is 0 Å². The largest absolute Gasteiger partial charge is 0.492 e. The van der Waals surface area contributed by atoms with Gasteiger partial charge in [-0.25, -0.2) is 5.43 Å². The quantitative estimate of drug-likeness (QED) is 0.297. The van der Waals surface area contributed by atoms with Crippen LogP contribution in [0.25, 0.3) is 0 Å². The second kappa shape index (κ2) is 15.5. The van der Waals surface area contributed by atoms with Crippen LogP contribution in [0.1, 0.15) is 110 Å². The lowest BCUT2D eigenvalue weighted by molar-refractivity contribution is -0.163. The van der Waals surface area contributed by atoms with Gasteiger partial charge in [0.15, 0.2) is 0 Å². The Labute approximate surface area is 155 Å². The maximum absolute atomic E-state index is 10.1. The van der Waals surface area contributed by atoms with E-state index >= 15 is 0 Å². The first-order valence-corrected chi connectivity index (χ1v) is 10.9. The van der Waals surface area contributed by atoms with Gasteiger partial charge in [0.2, 0.25) is 5.88 Å². The monoisotopic (exact) mass is 354 g/mol. The van der Waals surface area contributed by atoms with E-state index in [9.17, 15) is 5.11 Å². The van der Waals surface area contributed by atoms with Gasteiger partial charge in [0, 0.05) is 12.1 Å². The zero-order chi connectivity index (χ0) is 18.2. The molecule has 0 aromatic carbocycles. The van der Waals surface area contributed by atoms with Crippen LogP contribution in [0.5, 0.6) is 0 Å². The molecule has 0 fully saturated rings. The minimum Gasteiger partial charge on any atom is -0.492 e. The van der Waals surface area contributed by atoms with Gasteiger partial charge < -0.3 is 5.11 Å². The van der Waals surface area contributed by atoms with Crippen LogP contribution in [0.15, 0.2) is 11.5 Å². The molecular weight excluding hydrogens is 312 g/mol. The Morgan fingerprint density at radius 1 is 0.800 bits per heavy atom. The number of rotatable bonds is 17. The highest BCUT2D eigenvalue weighted by Crippen LogP contribution is 2.21. The van der Waals surface area contributed by atoms with Crippen LogP contribution < -0.4 is 5.43 Å². The lowest BCUT2D eigenvalue weighted by atomic mass is 10.0. The van der Waals surface area contributed by atoms with Crippen molar-refractivity contribution in [3.63, 3.8) is 0 Å². The van der Waals surface area contributed by atoms with Crippen LogP contribution in [0, 0.1) is 0 Å². The number of aliphatic hydroxyl groups excluding tert-OH is 1. The van der Waals surface area contributed by atoms with E-state index in [1.165, 1.54) is 75.8 Å². The van der Waals surface area contributed by atoms with Gasteiger partial charge in [0.1, 0.15) is 6.61 Å². The summed E-state index contributed by atoms with van der Waals surface area (Å²) in [5.74, 6) is 0.291. The summed E-state index contributed by atoms with van der Waals surface area (Å²) in [6.07, 6.45) is 19.5. The smallest absolute Gasteiger partial charge is 0.228 e. The standard InChI is InChI=1S/C21H42N2O2/c1-3-5-7-8-9-10-11-12-13-14-15-16-17-20-19-25-23(21(20)24)22-18-6-4-2/h22,24H,3-19H2,1-2H3. The number of nitrogens with one attached hydrogen (secondary N) is 1. The summed E-state index contributed by atoms with van der Waals surface area (Å²) in [5, 5.41) is 11.6. The Morgan fingerprint density at radius 3 is 1.88 bits per heavy atom. The molecule has 0 saturated heterocycles. The molecule has 0 spiro atoms. The number of hydroxylamine groups is 1. The van der Waals surface area contributed by atoms with Gasteiger partial charge in [0.05, 0.1) is 0 Å². The average molecular weight is 355 g/mol. The molecule has 0 saturated carbocycles. The second-order valence-electron chi connectivity index (χ2n) is 7.40. The highest BCUT2D eigenvalue weighted by atomic mass is 16.7. The molecule has 1 aliphatic rings. The molecule has 0 bridgehead atoms. The fourth-order valence-electron chi connectivity index (χ4n) is 3.25. The molecule has 148 valence electrons. The topological polar surface area (TPSA) is 44.7 Å². The lowest BCUT2D eigenvalue weighted by Gasteiger charge is -2.16. The Bertz CT molecular complexity index is 345. The van der Waals surface area contributed by atoms with Crippen molar-refractivity contribution >= 4 is 0 Å². The molecule has 1 heterocycles. The van der Waals surface area contributed by atoms with Crippen molar-refractivity contribution in [1.82, 2.24) is 10.6 Å². The second-order valence-corrected chi connectivity index (χ2v) is 7.40. The third-order valence-electron chi connectivity index (χ3n) is 4.99. The van der Waals surface area contributed by atoms with E-state index in [1.807, 2.05) is 0 Å². The minimum atomic E-state index is 0.291. The summed E-state index contributed by atoms with van der Waals surface area (Å²) in [5.41, 5.74) is 4.15. The summed E-state index contributed by atoms with van der Waals surface area (Å²) in [7, 11) is 0. The Kier molecular flexibility index (Phi) is 13.8. The Hall–Kier alpha value is -0.740. The number of unbranched alkanes of at least 4 members (excludes halogenated alkanes) is 12. The maximum atomic E-state index is 10.1. The number of aliphatic hydroxyl groups is 1. The van der Waals surface area contributed by atoms with E-state index in [2.05, 4.69) is 19.3 Å². The maximum Gasteiger partial charge on any atom is 0.228 e. The van der Waals surface area contributed by atoms with E-state index in [0.29, 0.717) is 12.5 Å². The lowest BCUT2D eigenvalue weighted by Crippen LogP contribution is -2.35. The van der Waals surface area contributed by atoms with Crippen molar-refractivity contribution in [3.05, 3.63) is 11.5 Å². The SMILES string of the molecule is CCCCCCCCCCCCCCC1=C(O)N(NCCCC)OC1. The molecule has 2 N–H and O–H groups in total. The van der Waals surface area contributed by atoms with Crippen molar-refractivity contribution in [2.75, 3.05) is 13.2 Å². The average Bonchev–Trinajstić information content (AvgIpc) is 2.96. The van der Waals surface area contributed by atoms with Crippen LogP contribution in [0.2, 0.25) is 0 Å². The molecule has 1 rings (SSSR count). The molecule has 25 heavy (non-hydrogen) atoms. The Balaban J connectivity index is 1.92. The summed E-state index contributed by atoms with van der Waals surface area (Å²) in [6.45, 7) is 5.80. The molecule has 0 aromatic heterocycles. The number of hydrogen-bond donors (Lipinski definition) is 2.